The zero-order valence-electron chi connectivity index (χ0n) is 18.8. The van der Waals surface area contributed by atoms with E-state index in [-0.39, 0.29) is 37.3 Å². The second-order valence-corrected chi connectivity index (χ2v) is 8.14. The molecule has 1 atom stereocenters. The fourth-order valence-electron chi connectivity index (χ4n) is 4.01. The molecule has 4 rings (SSSR count). The van der Waals surface area contributed by atoms with Gasteiger partial charge in [0.05, 0.1) is 5.69 Å². The van der Waals surface area contributed by atoms with Crippen molar-refractivity contribution in [3.8, 4) is 5.75 Å². The second kappa shape index (κ2) is 10.8. The SMILES string of the molecule is NCCNC(=O)[C@@H](Cc1ccc2ccccc2c1)NC(=O)CCN1C(=O)COc2ccccc21. The van der Waals surface area contributed by atoms with Crippen LogP contribution in [0.5, 0.6) is 5.75 Å². The molecule has 1 aliphatic rings. The van der Waals surface area contributed by atoms with Gasteiger partial charge in [-0.1, -0.05) is 54.6 Å². The largest absolute Gasteiger partial charge is 0.482 e. The molecule has 0 unspecified atom stereocenters. The molecule has 0 aromatic heterocycles. The van der Waals surface area contributed by atoms with Crippen molar-refractivity contribution in [2.24, 2.45) is 5.73 Å². The van der Waals surface area contributed by atoms with Crippen molar-refractivity contribution in [1.82, 2.24) is 10.6 Å². The highest BCUT2D eigenvalue weighted by molar-refractivity contribution is 5.98. The van der Waals surface area contributed by atoms with E-state index in [0.717, 1.165) is 16.3 Å². The van der Waals surface area contributed by atoms with Crippen molar-refractivity contribution in [3.05, 3.63) is 72.3 Å². The van der Waals surface area contributed by atoms with Crippen LogP contribution in [-0.2, 0) is 20.8 Å². The first-order valence-corrected chi connectivity index (χ1v) is 11.3. The summed E-state index contributed by atoms with van der Waals surface area (Å²) in [6.45, 7) is 0.756. The lowest BCUT2D eigenvalue weighted by Gasteiger charge is -2.29. The molecule has 0 spiro atoms. The van der Waals surface area contributed by atoms with Gasteiger partial charge in [-0.3, -0.25) is 14.4 Å². The monoisotopic (exact) mass is 460 g/mol. The number of benzene rings is 3. The minimum atomic E-state index is -0.757. The Morgan fingerprint density at radius 2 is 1.79 bits per heavy atom. The lowest BCUT2D eigenvalue weighted by molar-refractivity contribution is -0.129. The molecule has 0 aliphatic carbocycles. The number of ether oxygens (including phenoxy) is 1. The van der Waals surface area contributed by atoms with E-state index in [1.54, 1.807) is 17.0 Å². The number of amides is 3. The third kappa shape index (κ3) is 5.52. The van der Waals surface area contributed by atoms with Crippen LogP contribution in [-0.4, -0.2) is 50.0 Å². The van der Waals surface area contributed by atoms with Gasteiger partial charge in [0.15, 0.2) is 6.61 Å². The number of carbonyl (C=O) groups excluding carboxylic acids is 3. The van der Waals surface area contributed by atoms with Gasteiger partial charge in [0, 0.05) is 32.5 Å². The van der Waals surface area contributed by atoms with E-state index in [2.05, 4.69) is 10.6 Å². The van der Waals surface area contributed by atoms with Crippen molar-refractivity contribution in [2.75, 3.05) is 31.1 Å². The van der Waals surface area contributed by atoms with Crippen LogP contribution in [0, 0.1) is 0 Å². The Morgan fingerprint density at radius 3 is 2.62 bits per heavy atom. The minimum absolute atomic E-state index is 0.0540. The Bertz CT molecular complexity index is 1200. The van der Waals surface area contributed by atoms with E-state index in [0.29, 0.717) is 30.9 Å². The second-order valence-electron chi connectivity index (χ2n) is 8.14. The number of anilines is 1. The molecule has 0 radical (unpaired) electrons. The summed E-state index contributed by atoms with van der Waals surface area (Å²) < 4.78 is 5.45. The number of nitrogens with one attached hydrogen (secondary N) is 2. The van der Waals surface area contributed by atoms with Gasteiger partial charge in [0.2, 0.25) is 11.8 Å². The van der Waals surface area contributed by atoms with Crippen molar-refractivity contribution < 1.29 is 19.1 Å². The Morgan fingerprint density at radius 1 is 1.03 bits per heavy atom. The molecule has 3 aromatic rings. The maximum atomic E-state index is 12.8. The van der Waals surface area contributed by atoms with E-state index in [9.17, 15) is 14.4 Å². The summed E-state index contributed by atoms with van der Waals surface area (Å²) in [5.41, 5.74) is 7.10. The molecular formula is C26H28N4O4. The molecule has 1 heterocycles. The summed E-state index contributed by atoms with van der Waals surface area (Å²) in [6, 6.07) is 20.4. The summed E-state index contributed by atoms with van der Waals surface area (Å²) in [5, 5.41) is 7.77. The molecule has 8 heteroatoms. The van der Waals surface area contributed by atoms with Crippen molar-refractivity contribution in [1.29, 1.82) is 0 Å². The lowest BCUT2D eigenvalue weighted by atomic mass is 10.0. The third-order valence-electron chi connectivity index (χ3n) is 5.72. The van der Waals surface area contributed by atoms with E-state index < -0.39 is 6.04 Å². The number of hydrogen-bond acceptors (Lipinski definition) is 5. The molecule has 4 N–H and O–H groups in total. The van der Waals surface area contributed by atoms with Gasteiger partial charge in [-0.05, 0) is 28.5 Å². The van der Waals surface area contributed by atoms with E-state index in [4.69, 9.17) is 10.5 Å². The van der Waals surface area contributed by atoms with E-state index >= 15 is 0 Å². The first-order chi connectivity index (χ1) is 16.5. The van der Waals surface area contributed by atoms with Crippen LogP contribution in [0.15, 0.2) is 66.7 Å². The molecule has 0 bridgehead atoms. The summed E-state index contributed by atoms with van der Waals surface area (Å²) in [7, 11) is 0. The Kier molecular flexibility index (Phi) is 7.39. The fourth-order valence-corrected chi connectivity index (χ4v) is 4.01. The smallest absolute Gasteiger partial charge is 0.265 e. The highest BCUT2D eigenvalue weighted by Gasteiger charge is 2.26. The van der Waals surface area contributed by atoms with Crippen LogP contribution in [0.25, 0.3) is 10.8 Å². The van der Waals surface area contributed by atoms with E-state index in [1.165, 1.54) is 0 Å². The van der Waals surface area contributed by atoms with Crippen molar-refractivity contribution >= 4 is 34.2 Å². The van der Waals surface area contributed by atoms with Crippen LogP contribution < -0.4 is 26.0 Å². The number of hydrogen-bond donors (Lipinski definition) is 3. The van der Waals surface area contributed by atoms with Crippen LogP contribution >= 0.6 is 0 Å². The standard InChI is InChI=1S/C26H28N4O4/c27-12-13-28-26(33)21(16-18-9-10-19-5-1-2-6-20(19)15-18)29-24(31)11-14-30-22-7-3-4-8-23(22)34-17-25(30)32/h1-10,15,21H,11-14,16-17,27H2,(H,28,33)(H,29,31)/t21-/m1/s1. The topological polar surface area (TPSA) is 114 Å². The van der Waals surface area contributed by atoms with Crippen LogP contribution in [0.2, 0.25) is 0 Å². The van der Waals surface area contributed by atoms with Gasteiger partial charge < -0.3 is 26.0 Å². The van der Waals surface area contributed by atoms with Gasteiger partial charge in [0.25, 0.3) is 5.91 Å². The zero-order valence-corrected chi connectivity index (χ0v) is 18.8. The molecule has 3 aromatic carbocycles. The number of nitrogens with zero attached hydrogens (tertiary/aromatic N) is 1. The summed E-state index contributed by atoms with van der Waals surface area (Å²) in [4.78, 5) is 39.5. The lowest BCUT2D eigenvalue weighted by Crippen LogP contribution is -2.49. The Labute approximate surface area is 198 Å². The normalized spacial score (nSPS) is 13.7. The first-order valence-electron chi connectivity index (χ1n) is 11.3. The number of para-hydroxylation sites is 2. The first kappa shape index (κ1) is 23.3. The summed E-state index contributed by atoms with van der Waals surface area (Å²) in [6.07, 6.45) is 0.394. The van der Waals surface area contributed by atoms with Crippen LogP contribution in [0.3, 0.4) is 0 Å². The van der Waals surface area contributed by atoms with Crippen LogP contribution in [0.1, 0.15) is 12.0 Å². The average Bonchev–Trinajstić information content (AvgIpc) is 2.86. The minimum Gasteiger partial charge on any atom is -0.482 e. The Balaban J connectivity index is 1.43. The molecular weight excluding hydrogens is 432 g/mol. The van der Waals surface area contributed by atoms with Gasteiger partial charge in [-0.2, -0.15) is 0 Å². The predicted octanol–water partition coefficient (Wildman–Crippen LogP) is 1.76. The van der Waals surface area contributed by atoms with Crippen LogP contribution in [0.4, 0.5) is 5.69 Å². The van der Waals surface area contributed by atoms with Gasteiger partial charge in [-0.25, -0.2) is 0 Å². The molecule has 8 nitrogen and oxygen atoms in total. The summed E-state index contributed by atoms with van der Waals surface area (Å²) in [5.74, 6) is -0.206. The van der Waals surface area contributed by atoms with E-state index in [1.807, 2.05) is 54.6 Å². The molecule has 3 amide bonds. The maximum absolute atomic E-state index is 12.8. The molecule has 0 saturated heterocycles. The summed E-state index contributed by atoms with van der Waals surface area (Å²) >= 11 is 0. The number of nitrogens with two attached hydrogens (primary N) is 1. The number of rotatable bonds is 9. The van der Waals surface area contributed by atoms with Gasteiger partial charge in [-0.15, -0.1) is 0 Å². The fraction of sp³-hybridized carbons (Fsp3) is 0.269. The number of carbonyl (C=O) groups is 3. The molecule has 0 fully saturated rings. The molecule has 34 heavy (non-hydrogen) atoms. The highest BCUT2D eigenvalue weighted by Crippen LogP contribution is 2.31. The highest BCUT2D eigenvalue weighted by atomic mass is 16.5. The quantitative estimate of drug-likeness (QED) is 0.450. The third-order valence-corrected chi connectivity index (χ3v) is 5.72. The molecule has 176 valence electrons. The predicted molar refractivity (Wildman–Crippen MR) is 131 cm³/mol. The van der Waals surface area contributed by atoms with Crippen molar-refractivity contribution in [2.45, 2.75) is 18.9 Å². The molecule has 0 saturated carbocycles. The van der Waals surface area contributed by atoms with Gasteiger partial charge in [0.1, 0.15) is 11.8 Å². The Hall–Kier alpha value is -3.91. The number of fused-ring (bicyclic) bond motifs is 2. The molecule has 1 aliphatic heterocycles. The zero-order chi connectivity index (χ0) is 23.9. The van der Waals surface area contributed by atoms with Crippen molar-refractivity contribution in [3.63, 3.8) is 0 Å². The van der Waals surface area contributed by atoms with Gasteiger partial charge >= 0.3 is 0 Å². The average molecular weight is 461 g/mol. The maximum Gasteiger partial charge on any atom is 0.265 e.